The third-order valence-electron chi connectivity index (χ3n) is 5.73. The summed E-state index contributed by atoms with van der Waals surface area (Å²) in [5.74, 6) is -3.35. The quantitative estimate of drug-likeness (QED) is 0.742. The molecule has 2 aromatic rings. The van der Waals surface area contributed by atoms with E-state index < -0.39 is 23.8 Å². The third-order valence-corrected chi connectivity index (χ3v) is 5.73. The van der Waals surface area contributed by atoms with Gasteiger partial charge in [-0.15, -0.1) is 0 Å². The Morgan fingerprint density at radius 3 is 2.73 bits per heavy atom. The zero-order valence-electron chi connectivity index (χ0n) is 16.4. The van der Waals surface area contributed by atoms with Crippen LogP contribution in [0, 0.1) is 16.7 Å². The van der Waals surface area contributed by atoms with Crippen LogP contribution >= 0.6 is 0 Å². The van der Waals surface area contributed by atoms with Crippen LogP contribution in [0.4, 0.5) is 14.7 Å². The fraction of sp³-hybridized carbons (Fsp3) is 0.450. The molecule has 1 atom stereocenters. The zero-order valence-corrected chi connectivity index (χ0v) is 16.4. The molecule has 10 heteroatoms. The van der Waals surface area contributed by atoms with Crippen molar-refractivity contribution < 1.29 is 18.3 Å². The van der Waals surface area contributed by atoms with Gasteiger partial charge in [0, 0.05) is 36.9 Å². The van der Waals surface area contributed by atoms with Gasteiger partial charge in [0.2, 0.25) is 11.9 Å². The Morgan fingerprint density at radius 1 is 1.27 bits per heavy atom. The molecule has 2 aliphatic heterocycles. The van der Waals surface area contributed by atoms with Gasteiger partial charge in [-0.05, 0) is 19.4 Å². The molecule has 8 nitrogen and oxygen atoms in total. The number of rotatable bonds is 2. The summed E-state index contributed by atoms with van der Waals surface area (Å²) in [6.45, 7) is 1.24. The molecule has 0 bridgehead atoms. The van der Waals surface area contributed by atoms with Gasteiger partial charge >= 0.3 is 0 Å². The summed E-state index contributed by atoms with van der Waals surface area (Å²) < 4.78 is 36.2. The summed E-state index contributed by atoms with van der Waals surface area (Å²) in [5.41, 5.74) is -1.08. The average molecular weight is 414 g/mol. The molecule has 4 rings (SSSR count). The molecule has 0 unspecified atom stereocenters. The van der Waals surface area contributed by atoms with E-state index in [2.05, 4.69) is 15.0 Å². The summed E-state index contributed by atoms with van der Waals surface area (Å²) in [5, 5.41) is 9.23. The first-order valence-corrected chi connectivity index (χ1v) is 9.55. The number of nitriles is 1. The summed E-state index contributed by atoms with van der Waals surface area (Å²) >= 11 is 0. The lowest BCUT2D eigenvalue weighted by molar-refractivity contribution is -0.173. The number of nitrogens with zero attached hydrogens (tertiary/aromatic N) is 6. The fourth-order valence-corrected chi connectivity index (χ4v) is 3.84. The minimum atomic E-state index is -3.29. The number of piperidine rings is 1. The number of carbonyl (C=O) groups excluding carboxylic acids is 1. The molecule has 0 spiro atoms. The molecule has 0 radical (unpaired) electrons. The lowest BCUT2D eigenvalue weighted by Gasteiger charge is -2.46. The number of hydrogen-bond donors (Lipinski definition) is 0. The Morgan fingerprint density at radius 2 is 2.03 bits per heavy atom. The molecule has 156 valence electrons. The second-order valence-electron chi connectivity index (χ2n) is 7.62. The number of pyridine rings is 1. The highest BCUT2D eigenvalue weighted by Gasteiger charge is 2.59. The Hall–Kier alpha value is -3.35. The number of carbonyl (C=O) groups is 1. The smallest absolute Gasteiger partial charge is 0.279 e. The van der Waals surface area contributed by atoms with Gasteiger partial charge in [0.25, 0.3) is 5.92 Å². The van der Waals surface area contributed by atoms with Crippen molar-refractivity contribution in [2.24, 2.45) is 5.41 Å². The Labute approximate surface area is 172 Å². The van der Waals surface area contributed by atoms with Crippen molar-refractivity contribution in [2.75, 3.05) is 31.1 Å². The SMILES string of the molecule is C[C@@]1(C(=O)N2CCOc3c(C#N)cncc3C2)CCN(c2ncccn2)CC1(F)F. The van der Waals surface area contributed by atoms with Crippen molar-refractivity contribution >= 4 is 11.9 Å². The van der Waals surface area contributed by atoms with E-state index in [1.807, 2.05) is 6.07 Å². The third kappa shape index (κ3) is 3.30. The number of amides is 1. The van der Waals surface area contributed by atoms with Gasteiger partial charge in [-0.2, -0.15) is 5.26 Å². The van der Waals surface area contributed by atoms with Gasteiger partial charge in [-0.25, -0.2) is 18.7 Å². The normalized spacial score (nSPS) is 23.0. The topological polar surface area (TPSA) is 95.2 Å². The van der Waals surface area contributed by atoms with Crippen LogP contribution in [0.2, 0.25) is 0 Å². The van der Waals surface area contributed by atoms with Crippen molar-refractivity contribution in [1.29, 1.82) is 5.26 Å². The van der Waals surface area contributed by atoms with E-state index in [1.54, 1.807) is 6.07 Å². The van der Waals surface area contributed by atoms with Gasteiger partial charge in [-0.3, -0.25) is 9.78 Å². The Kier molecular flexibility index (Phi) is 4.97. The molecular weight excluding hydrogens is 394 g/mol. The molecule has 30 heavy (non-hydrogen) atoms. The van der Waals surface area contributed by atoms with Crippen molar-refractivity contribution in [3.8, 4) is 11.8 Å². The average Bonchev–Trinajstić information content (AvgIpc) is 2.98. The lowest BCUT2D eigenvalue weighted by Crippen LogP contribution is -2.61. The maximum Gasteiger partial charge on any atom is 0.279 e. The highest BCUT2D eigenvalue weighted by molar-refractivity contribution is 5.84. The summed E-state index contributed by atoms with van der Waals surface area (Å²) in [6.07, 6.45) is 5.83. The summed E-state index contributed by atoms with van der Waals surface area (Å²) in [6, 6.07) is 3.62. The number of aromatic nitrogens is 3. The van der Waals surface area contributed by atoms with Gasteiger partial charge < -0.3 is 14.5 Å². The molecule has 4 heterocycles. The van der Waals surface area contributed by atoms with Crippen LogP contribution < -0.4 is 9.64 Å². The molecule has 0 N–H and O–H groups in total. The molecule has 0 saturated carbocycles. The zero-order chi connectivity index (χ0) is 21.4. The molecule has 1 amide bonds. The van der Waals surface area contributed by atoms with Crippen LogP contribution in [-0.2, 0) is 11.3 Å². The Balaban J connectivity index is 1.57. The Bertz CT molecular complexity index is 997. The van der Waals surface area contributed by atoms with Gasteiger partial charge in [0.15, 0.2) is 0 Å². The highest BCUT2D eigenvalue weighted by Crippen LogP contribution is 2.46. The van der Waals surface area contributed by atoms with Crippen molar-refractivity contribution in [1.82, 2.24) is 19.9 Å². The van der Waals surface area contributed by atoms with Crippen molar-refractivity contribution in [2.45, 2.75) is 25.8 Å². The molecular formula is C20H20F2N6O2. The molecule has 0 aromatic carbocycles. The van der Waals surface area contributed by atoms with Gasteiger partial charge in [0.05, 0.1) is 19.6 Å². The molecule has 1 fully saturated rings. The first-order valence-electron chi connectivity index (χ1n) is 9.55. The largest absolute Gasteiger partial charge is 0.490 e. The van der Waals surface area contributed by atoms with E-state index in [4.69, 9.17) is 4.74 Å². The van der Waals surface area contributed by atoms with E-state index in [-0.39, 0.29) is 44.2 Å². The van der Waals surface area contributed by atoms with Crippen molar-refractivity contribution in [3.63, 3.8) is 0 Å². The number of alkyl halides is 2. The lowest BCUT2D eigenvalue weighted by atomic mass is 9.75. The van der Waals surface area contributed by atoms with Crippen LogP contribution in [-0.4, -0.2) is 57.9 Å². The minimum absolute atomic E-state index is 0.0439. The van der Waals surface area contributed by atoms with E-state index in [1.165, 1.54) is 41.5 Å². The van der Waals surface area contributed by atoms with Crippen LogP contribution in [0.3, 0.4) is 0 Å². The van der Waals surface area contributed by atoms with Crippen LogP contribution in [0.15, 0.2) is 30.9 Å². The van der Waals surface area contributed by atoms with E-state index in [0.717, 1.165) is 0 Å². The standard InChI is InChI=1S/C20H20F2N6O2/c1-19(3-6-28(13-20(19,21)22)18-25-4-2-5-26-18)17(29)27-7-8-30-16-14(9-23)10-24-11-15(16)12-27/h2,4-5,10-11H,3,6-8,12-13H2,1H3/t19-/m0/s1. The van der Waals surface area contributed by atoms with E-state index >= 15 is 8.78 Å². The predicted molar refractivity (Wildman–Crippen MR) is 102 cm³/mol. The first kappa shape index (κ1) is 19.9. The first-order chi connectivity index (χ1) is 14.4. The molecule has 1 saturated heterocycles. The van der Waals surface area contributed by atoms with Crippen LogP contribution in [0.5, 0.6) is 5.75 Å². The van der Waals surface area contributed by atoms with E-state index in [0.29, 0.717) is 11.3 Å². The predicted octanol–water partition coefficient (Wildman–Crippen LogP) is 2.02. The highest BCUT2D eigenvalue weighted by atomic mass is 19.3. The second kappa shape index (κ2) is 7.48. The number of ether oxygens (including phenoxy) is 1. The maximum absolute atomic E-state index is 15.3. The van der Waals surface area contributed by atoms with Gasteiger partial charge in [0.1, 0.15) is 29.4 Å². The number of hydrogen-bond acceptors (Lipinski definition) is 7. The van der Waals surface area contributed by atoms with Crippen LogP contribution in [0.25, 0.3) is 0 Å². The monoisotopic (exact) mass is 414 g/mol. The number of halogens is 2. The van der Waals surface area contributed by atoms with Crippen molar-refractivity contribution in [3.05, 3.63) is 42.0 Å². The number of anilines is 1. The van der Waals surface area contributed by atoms with Gasteiger partial charge in [-0.1, -0.05) is 0 Å². The number of fused-ring (bicyclic) bond motifs is 1. The molecule has 2 aliphatic rings. The molecule has 0 aliphatic carbocycles. The van der Waals surface area contributed by atoms with Crippen LogP contribution in [0.1, 0.15) is 24.5 Å². The second-order valence-corrected chi connectivity index (χ2v) is 7.62. The minimum Gasteiger partial charge on any atom is -0.490 e. The summed E-state index contributed by atoms with van der Waals surface area (Å²) in [4.78, 5) is 28.2. The molecule has 2 aromatic heterocycles. The fourth-order valence-electron chi connectivity index (χ4n) is 3.84. The summed E-state index contributed by atoms with van der Waals surface area (Å²) in [7, 11) is 0. The maximum atomic E-state index is 15.3. The van der Waals surface area contributed by atoms with E-state index in [9.17, 15) is 10.1 Å².